The van der Waals surface area contributed by atoms with Crippen LogP contribution in [-0.2, 0) is 17.7 Å². The molecule has 0 aliphatic carbocycles. The third-order valence-corrected chi connectivity index (χ3v) is 5.19. The molecule has 0 N–H and O–H groups in total. The third kappa shape index (κ3) is 12.3. The summed E-state index contributed by atoms with van der Waals surface area (Å²) in [5.74, 6) is 0.265. The highest BCUT2D eigenvalue weighted by Gasteiger charge is 2.00. The van der Waals surface area contributed by atoms with Crippen LogP contribution in [0.5, 0.6) is 0 Å². The highest BCUT2D eigenvalue weighted by atomic mass is 33.1. The average Bonchev–Trinajstić information content (AvgIpc) is 1.81. The van der Waals surface area contributed by atoms with E-state index < -0.39 is 17.7 Å². The lowest BCUT2D eigenvalue weighted by molar-refractivity contribution is 0.614. The Morgan fingerprint density at radius 3 is 2.00 bits per heavy atom. The van der Waals surface area contributed by atoms with Crippen molar-refractivity contribution in [3.63, 3.8) is 0 Å². The molecule has 0 aromatic heterocycles. The Kier molecular flexibility index (Phi) is 5.42. The van der Waals surface area contributed by atoms with Crippen molar-refractivity contribution in [2.75, 3.05) is 18.3 Å². The molecule has 4 nitrogen and oxygen atoms in total. The summed E-state index contributed by atoms with van der Waals surface area (Å²) in [5, 5.41) is 1.37. The predicted molar refractivity (Wildman–Crippen MR) is 58.9 cm³/mol. The molecular weight excluding hydrogens is 252 g/mol. The largest absolute Gasteiger partial charge is 0.218 e. The summed E-state index contributed by atoms with van der Waals surface area (Å²) in [6.07, 6.45) is 3.69. The maximum absolute atomic E-state index is 10.6. The van der Waals surface area contributed by atoms with Crippen molar-refractivity contribution in [2.24, 2.45) is 0 Å². The summed E-state index contributed by atoms with van der Waals surface area (Å²) in [4.78, 5) is 0. The summed E-state index contributed by atoms with van der Waals surface area (Å²) < 4.78 is 42.3. The first-order chi connectivity index (χ1) is 5.71. The Morgan fingerprint density at radius 2 is 1.62 bits per heavy atom. The van der Waals surface area contributed by atoms with E-state index in [4.69, 9.17) is 0 Å². The quantitative estimate of drug-likeness (QED) is 0.685. The first kappa shape index (κ1) is 13.3. The van der Waals surface area contributed by atoms with Crippen LogP contribution in [0.4, 0.5) is 0 Å². The van der Waals surface area contributed by atoms with Gasteiger partial charge in [-0.05, 0) is 27.0 Å². The minimum absolute atomic E-state index is 0.265. The lowest BCUT2D eigenvalue weighted by atomic mass is 10.8. The van der Waals surface area contributed by atoms with E-state index in [0.29, 0.717) is 10.8 Å². The van der Waals surface area contributed by atoms with E-state index in [1.165, 1.54) is 11.5 Å². The van der Waals surface area contributed by atoms with Gasteiger partial charge in [0.2, 0.25) is 8.87 Å². The van der Waals surface area contributed by atoms with Gasteiger partial charge in [0.25, 0.3) is 0 Å². The second-order valence-electron chi connectivity index (χ2n) is 2.16. The predicted octanol–water partition coefficient (Wildman–Crippen LogP) is 0.886. The van der Waals surface area contributed by atoms with Gasteiger partial charge in [0, 0.05) is 18.3 Å². The Balaban J connectivity index is 3.80. The number of hydrogen-bond donors (Lipinski definition) is 0. The Morgan fingerprint density at radius 1 is 1.08 bits per heavy atom. The minimum Gasteiger partial charge on any atom is -0.218 e. The summed E-state index contributed by atoms with van der Waals surface area (Å²) in [6, 6.07) is 0. The summed E-state index contributed by atoms with van der Waals surface area (Å²) in [6.45, 7) is 0. The van der Waals surface area contributed by atoms with Crippen LogP contribution in [-0.4, -0.2) is 35.1 Å². The minimum atomic E-state index is -3.07. The lowest BCUT2D eigenvalue weighted by Gasteiger charge is -1.91. The van der Waals surface area contributed by atoms with Gasteiger partial charge in [-0.1, -0.05) is 6.08 Å². The summed E-state index contributed by atoms with van der Waals surface area (Å²) >= 11 is 0. The second-order valence-corrected chi connectivity index (χ2v) is 10.9. The fourth-order valence-corrected chi connectivity index (χ4v) is 3.08. The van der Waals surface area contributed by atoms with Gasteiger partial charge in [-0.3, -0.25) is 0 Å². The SMILES string of the molecule is CS(=O)(=O)S/C=C\CSS(C)(=O)=O. The molecule has 0 saturated carbocycles. The molecule has 0 aromatic rings. The molecule has 0 heterocycles. The molecule has 78 valence electrons. The van der Waals surface area contributed by atoms with Gasteiger partial charge in [-0.15, -0.1) is 0 Å². The highest BCUT2D eigenvalue weighted by Crippen LogP contribution is 2.14. The van der Waals surface area contributed by atoms with Crippen LogP contribution in [0, 0.1) is 0 Å². The van der Waals surface area contributed by atoms with Gasteiger partial charge in [-0.25, -0.2) is 16.8 Å². The molecule has 13 heavy (non-hydrogen) atoms. The van der Waals surface area contributed by atoms with Crippen LogP contribution in [0.1, 0.15) is 0 Å². The van der Waals surface area contributed by atoms with Crippen molar-refractivity contribution < 1.29 is 16.8 Å². The zero-order chi connectivity index (χ0) is 10.5. The van der Waals surface area contributed by atoms with Crippen LogP contribution in [0.2, 0.25) is 0 Å². The van der Waals surface area contributed by atoms with Crippen molar-refractivity contribution in [3.05, 3.63) is 11.5 Å². The number of hydrogen-bond acceptors (Lipinski definition) is 6. The molecule has 0 spiro atoms. The van der Waals surface area contributed by atoms with Gasteiger partial charge < -0.3 is 0 Å². The maximum atomic E-state index is 10.6. The molecule has 0 unspecified atom stereocenters. The van der Waals surface area contributed by atoms with Crippen LogP contribution in [0.15, 0.2) is 11.5 Å². The fraction of sp³-hybridized carbons (Fsp3) is 0.600. The molecule has 0 fully saturated rings. The summed E-state index contributed by atoms with van der Waals surface area (Å²) in [5.41, 5.74) is 0. The lowest BCUT2D eigenvalue weighted by Crippen LogP contribution is -1.88. The van der Waals surface area contributed by atoms with E-state index in [9.17, 15) is 16.8 Å². The molecule has 0 aromatic carbocycles. The molecule has 0 rings (SSSR count). The molecule has 0 aliphatic rings. The zero-order valence-electron chi connectivity index (χ0n) is 7.13. The zero-order valence-corrected chi connectivity index (χ0v) is 10.4. The normalized spacial score (nSPS) is 13.7. The average molecular weight is 262 g/mol. The molecule has 8 heteroatoms. The Bertz CT molecular complexity index is 363. The molecule has 0 bridgehead atoms. The smallest absolute Gasteiger partial charge is 0.202 e. The van der Waals surface area contributed by atoms with E-state index in [1.807, 2.05) is 0 Å². The van der Waals surface area contributed by atoms with Crippen LogP contribution in [0.3, 0.4) is 0 Å². The molecule has 0 atom stereocenters. The van der Waals surface area contributed by atoms with Gasteiger partial charge in [-0.2, -0.15) is 0 Å². The first-order valence-electron chi connectivity index (χ1n) is 3.08. The van der Waals surface area contributed by atoms with E-state index in [-0.39, 0.29) is 5.75 Å². The van der Waals surface area contributed by atoms with Crippen LogP contribution in [0.25, 0.3) is 0 Å². The van der Waals surface area contributed by atoms with Gasteiger partial charge >= 0.3 is 0 Å². The van der Waals surface area contributed by atoms with E-state index in [0.717, 1.165) is 23.3 Å². The standard InChI is InChI=1S/C5H10O4S4/c1-12(6,7)10-4-3-5-11-13(2,8)9/h3-4H,5H2,1-2H3/b4-3-. The molecular formula is C5H10O4S4. The van der Waals surface area contributed by atoms with Crippen molar-refractivity contribution in [1.82, 2.24) is 0 Å². The second kappa shape index (κ2) is 5.28. The highest BCUT2D eigenvalue weighted by molar-refractivity contribution is 8.73. The molecule has 0 radical (unpaired) electrons. The van der Waals surface area contributed by atoms with Crippen LogP contribution >= 0.6 is 21.6 Å². The summed E-state index contributed by atoms with van der Waals surface area (Å²) in [7, 11) is -4.67. The van der Waals surface area contributed by atoms with Gasteiger partial charge in [0.05, 0.1) is 0 Å². The Hall–Kier alpha value is 0.340. The number of rotatable bonds is 5. The van der Waals surface area contributed by atoms with E-state index >= 15 is 0 Å². The monoisotopic (exact) mass is 262 g/mol. The maximum Gasteiger partial charge on any atom is 0.202 e. The Labute approximate surface area is 85.8 Å². The van der Waals surface area contributed by atoms with Crippen molar-refractivity contribution in [1.29, 1.82) is 0 Å². The van der Waals surface area contributed by atoms with Crippen molar-refractivity contribution >= 4 is 39.3 Å². The van der Waals surface area contributed by atoms with Crippen LogP contribution < -0.4 is 0 Å². The van der Waals surface area contributed by atoms with Crippen molar-refractivity contribution in [2.45, 2.75) is 0 Å². The third-order valence-electron chi connectivity index (χ3n) is 0.705. The molecule has 0 amide bonds. The fourth-order valence-electron chi connectivity index (χ4n) is 0.342. The topological polar surface area (TPSA) is 68.3 Å². The van der Waals surface area contributed by atoms with Gasteiger partial charge in [0.15, 0.2) is 8.87 Å². The first-order valence-corrected chi connectivity index (χ1v) is 9.76. The molecule has 0 saturated heterocycles. The van der Waals surface area contributed by atoms with Gasteiger partial charge in [0.1, 0.15) is 0 Å². The van der Waals surface area contributed by atoms with E-state index in [1.54, 1.807) is 0 Å². The molecule has 0 aliphatic heterocycles. The van der Waals surface area contributed by atoms with Crippen molar-refractivity contribution in [3.8, 4) is 0 Å². The van der Waals surface area contributed by atoms with E-state index in [2.05, 4.69) is 0 Å².